The number of nitro groups is 1. The molecule has 1 aromatic carbocycles. The van der Waals surface area contributed by atoms with E-state index < -0.39 is 4.92 Å². The Kier molecular flexibility index (Phi) is 2.69. The molecule has 82 valence electrons. The molecule has 0 aliphatic carbocycles. The predicted molar refractivity (Wildman–Crippen MR) is 56.9 cm³/mol. The minimum absolute atomic E-state index is 0.0752. The van der Waals surface area contributed by atoms with E-state index in [0.717, 1.165) is 17.5 Å². The third-order valence-corrected chi connectivity index (χ3v) is 2.52. The molecule has 7 heteroatoms. The quantitative estimate of drug-likeness (QED) is 0.656. The zero-order valence-electron chi connectivity index (χ0n) is 7.86. The Morgan fingerprint density at radius 2 is 2.06 bits per heavy atom. The summed E-state index contributed by atoms with van der Waals surface area (Å²) in [6, 6.07) is 6.00. The number of hydrogen-bond acceptors (Lipinski definition) is 6. The summed E-state index contributed by atoms with van der Waals surface area (Å²) in [5.74, 6) is 0.583. The number of phenolic OH excluding ortho intramolecular Hbond substituents is 1. The van der Waals surface area contributed by atoms with Crippen LogP contribution in [0.1, 0.15) is 0 Å². The maximum Gasteiger partial charge on any atom is 0.347 e. The van der Waals surface area contributed by atoms with Crippen LogP contribution in [0.3, 0.4) is 0 Å². The van der Waals surface area contributed by atoms with Gasteiger partial charge in [0.05, 0.1) is 4.92 Å². The van der Waals surface area contributed by atoms with Crippen LogP contribution in [0.25, 0.3) is 0 Å². The molecule has 0 fully saturated rings. The maximum atomic E-state index is 10.4. The average molecular weight is 238 g/mol. The highest BCUT2D eigenvalue weighted by Gasteiger charge is 2.12. The van der Waals surface area contributed by atoms with Gasteiger partial charge in [0, 0.05) is 0 Å². The van der Waals surface area contributed by atoms with Crippen LogP contribution in [-0.2, 0) is 0 Å². The third kappa shape index (κ3) is 2.26. The SMILES string of the molecule is O=[N+]([O-])c1cnc(Oc2ccc(O)cc2)s1. The van der Waals surface area contributed by atoms with E-state index in [4.69, 9.17) is 9.84 Å². The van der Waals surface area contributed by atoms with E-state index in [-0.39, 0.29) is 15.9 Å². The molecule has 1 aromatic heterocycles. The topological polar surface area (TPSA) is 85.5 Å². The molecule has 0 bridgehead atoms. The number of rotatable bonds is 3. The van der Waals surface area contributed by atoms with Gasteiger partial charge in [-0.15, -0.1) is 0 Å². The lowest BCUT2D eigenvalue weighted by atomic mass is 10.3. The zero-order valence-corrected chi connectivity index (χ0v) is 8.68. The Hall–Kier alpha value is -2.15. The molecule has 0 aliphatic heterocycles. The molecule has 16 heavy (non-hydrogen) atoms. The van der Waals surface area contributed by atoms with Crippen molar-refractivity contribution in [3.8, 4) is 16.7 Å². The Balaban J connectivity index is 2.14. The highest BCUT2D eigenvalue weighted by molar-refractivity contribution is 7.16. The van der Waals surface area contributed by atoms with Crippen molar-refractivity contribution in [1.82, 2.24) is 4.98 Å². The Morgan fingerprint density at radius 3 is 2.62 bits per heavy atom. The highest BCUT2D eigenvalue weighted by atomic mass is 32.1. The molecule has 0 unspecified atom stereocenters. The Morgan fingerprint density at radius 1 is 1.38 bits per heavy atom. The van der Waals surface area contributed by atoms with Crippen LogP contribution >= 0.6 is 11.3 Å². The predicted octanol–water partition coefficient (Wildman–Crippen LogP) is 2.55. The first kappa shape index (κ1) is 10.4. The van der Waals surface area contributed by atoms with Gasteiger partial charge in [0.25, 0.3) is 5.19 Å². The molecule has 1 N–H and O–H groups in total. The lowest BCUT2D eigenvalue weighted by molar-refractivity contribution is -0.380. The summed E-state index contributed by atoms with van der Waals surface area (Å²) in [4.78, 5) is 13.6. The van der Waals surface area contributed by atoms with Crippen molar-refractivity contribution in [1.29, 1.82) is 0 Å². The van der Waals surface area contributed by atoms with Gasteiger partial charge in [-0.2, -0.15) is 0 Å². The highest BCUT2D eigenvalue weighted by Crippen LogP contribution is 2.31. The van der Waals surface area contributed by atoms with Crippen molar-refractivity contribution in [3.05, 3.63) is 40.6 Å². The lowest BCUT2D eigenvalue weighted by Crippen LogP contribution is -1.81. The molecule has 1 heterocycles. The molecule has 0 radical (unpaired) electrons. The molecule has 0 saturated heterocycles. The van der Waals surface area contributed by atoms with Crippen LogP contribution < -0.4 is 4.74 Å². The van der Waals surface area contributed by atoms with E-state index in [1.165, 1.54) is 12.1 Å². The monoisotopic (exact) mass is 238 g/mol. The smallest absolute Gasteiger partial charge is 0.347 e. The van der Waals surface area contributed by atoms with Gasteiger partial charge in [0.1, 0.15) is 17.7 Å². The molecular weight excluding hydrogens is 232 g/mol. The number of phenols is 1. The summed E-state index contributed by atoms with van der Waals surface area (Å²) < 4.78 is 5.26. The first-order valence-corrected chi connectivity index (χ1v) is 5.04. The molecule has 0 atom stereocenters. The number of nitrogens with zero attached hydrogens (tertiary/aromatic N) is 2. The van der Waals surface area contributed by atoms with Crippen molar-refractivity contribution in [2.75, 3.05) is 0 Å². The fourth-order valence-electron chi connectivity index (χ4n) is 0.997. The fourth-order valence-corrected chi connectivity index (χ4v) is 1.60. The van der Waals surface area contributed by atoms with Gasteiger partial charge in [0.15, 0.2) is 0 Å². The number of thiazole rings is 1. The first-order chi connectivity index (χ1) is 7.65. The second-order valence-electron chi connectivity index (χ2n) is 2.82. The van der Waals surface area contributed by atoms with E-state index in [1.807, 2.05) is 0 Å². The van der Waals surface area contributed by atoms with Crippen LogP contribution in [0, 0.1) is 10.1 Å². The molecule has 0 saturated carbocycles. The van der Waals surface area contributed by atoms with Crippen LogP contribution in [-0.4, -0.2) is 15.0 Å². The second-order valence-corrected chi connectivity index (χ2v) is 3.79. The molecule has 0 spiro atoms. The Bertz CT molecular complexity index is 508. The summed E-state index contributed by atoms with van der Waals surface area (Å²) in [5.41, 5.74) is 0. The summed E-state index contributed by atoms with van der Waals surface area (Å²) in [6.07, 6.45) is 1.14. The fraction of sp³-hybridized carbons (Fsp3) is 0. The van der Waals surface area contributed by atoms with Gasteiger partial charge in [-0.25, -0.2) is 4.98 Å². The van der Waals surface area contributed by atoms with Gasteiger partial charge < -0.3 is 9.84 Å². The van der Waals surface area contributed by atoms with E-state index >= 15 is 0 Å². The zero-order chi connectivity index (χ0) is 11.5. The van der Waals surface area contributed by atoms with Gasteiger partial charge in [-0.3, -0.25) is 10.1 Å². The number of ether oxygens (including phenoxy) is 1. The normalized spacial score (nSPS) is 10.0. The minimum Gasteiger partial charge on any atom is -0.508 e. The van der Waals surface area contributed by atoms with Crippen LogP contribution in [0.2, 0.25) is 0 Å². The van der Waals surface area contributed by atoms with Gasteiger partial charge in [-0.1, -0.05) is 0 Å². The van der Waals surface area contributed by atoms with E-state index in [1.54, 1.807) is 12.1 Å². The molecule has 0 amide bonds. The van der Waals surface area contributed by atoms with Gasteiger partial charge in [-0.05, 0) is 35.6 Å². The van der Waals surface area contributed by atoms with Gasteiger partial charge in [0.2, 0.25) is 0 Å². The van der Waals surface area contributed by atoms with Gasteiger partial charge >= 0.3 is 5.00 Å². The summed E-state index contributed by atoms with van der Waals surface area (Å²) in [7, 11) is 0. The standard InChI is InChI=1S/C9H6N2O4S/c12-6-1-3-7(4-2-6)15-9-10-5-8(16-9)11(13)14/h1-5,12H. The number of hydrogen-bond donors (Lipinski definition) is 1. The number of benzene rings is 1. The second kappa shape index (κ2) is 4.15. The maximum absolute atomic E-state index is 10.4. The number of aromatic hydroxyl groups is 1. The van der Waals surface area contributed by atoms with Crippen molar-refractivity contribution >= 4 is 16.3 Å². The van der Waals surface area contributed by atoms with E-state index in [2.05, 4.69) is 4.98 Å². The average Bonchev–Trinajstić information content (AvgIpc) is 2.70. The third-order valence-electron chi connectivity index (χ3n) is 1.69. The van der Waals surface area contributed by atoms with Crippen LogP contribution in [0.15, 0.2) is 30.5 Å². The lowest BCUT2D eigenvalue weighted by Gasteiger charge is -1.99. The Labute approximate surface area is 93.9 Å². The summed E-state index contributed by atoms with van der Waals surface area (Å²) in [5, 5.41) is 19.6. The molecule has 0 aliphatic rings. The minimum atomic E-state index is -0.526. The first-order valence-electron chi connectivity index (χ1n) is 4.22. The van der Waals surface area contributed by atoms with Crippen molar-refractivity contribution in [3.63, 3.8) is 0 Å². The largest absolute Gasteiger partial charge is 0.508 e. The van der Waals surface area contributed by atoms with Crippen molar-refractivity contribution in [2.45, 2.75) is 0 Å². The van der Waals surface area contributed by atoms with Crippen molar-refractivity contribution in [2.24, 2.45) is 0 Å². The summed E-state index contributed by atoms with van der Waals surface area (Å²) >= 11 is 0.845. The van der Waals surface area contributed by atoms with Crippen LogP contribution in [0.5, 0.6) is 16.7 Å². The summed E-state index contributed by atoms with van der Waals surface area (Å²) in [6.45, 7) is 0. The molecule has 2 rings (SSSR count). The molecule has 2 aromatic rings. The van der Waals surface area contributed by atoms with E-state index in [0.29, 0.717) is 5.75 Å². The number of aromatic nitrogens is 1. The van der Waals surface area contributed by atoms with Crippen LogP contribution in [0.4, 0.5) is 5.00 Å². The molecular formula is C9H6N2O4S. The van der Waals surface area contributed by atoms with E-state index in [9.17, 15) is 10.1 Å². The van der Waals surface area contributed by atoms with Crippen molar-refractivity contribution < 1.29 is 14.8 Å². The molecule has 6 nitrogen and oxygen atoms in total.